The van der Waals surface area contributed by atoms with Gasteiger partial charge in [0.25, 0.3) is 0 Å². The van der Waals surface area contributed by atoms with Crippen LogP contribution in [0.3, 0.4) is 0 Å². The van der Waals surface area contributed by atoms with Crippen LogP contribution >= 0.6 is 11.6 Å². The molecule has 3 heteroatoms. The van der Waals surface area contributed by atoms with Crippen LogP contribution < -0.4 is 5.32 Å². The first-order chi connectivity index (χ1) is 9.55. The molecule has 2 nitrogen and oxygen atoms in total. The van der Waals surface area contributed by atoms with Gasteiger partial charge in [0.1, 0.15) is 5.58 Å². The van der Waals surface area contributed by atoms with Crippen LogP contribution in [0.5, 0.6) is 0 Å². The van der Waals surface area contributed by atoms with Crippen molar-refractivity contribution in [1.29, 1.82) is 0 Å². The molecule has 0 saturated heterocycles. The zero-order valence-electron chi connectivity index (χ0n) is 12.2. The van der Waals surface area contributed by atoms with Gasteiger partial charge in [-0.1, -0.05) is 32.0 Å². The van der Waals surface area contributed by atoms with Gasteiger partial charge in [0, 0.05) is 23.5 Å². The highest BCUT2D eigenvalue weighted by Crippen LogP contribution is 2.35. The Labute approximate surface area is 125 Å². The molecule has 1 aliphatic carbocycles. The highest BCUT2D eigenvalue weighted by atomic mass is 35.5. The Kier molecular flexibility index (Phi) is 3.78. The molecule has 1 N–H and O–H groups in total. The fraction of sp³-hybridized carbons (Fsp3) is 0.529. The van der Waals surface area contributed by atoms with Crippen LogP contribution in [0.4, 0.5) is 0 Å². The van der Waals surface area contributed by atoms with E-state index in [0.717, 1.165) is 23.1 Å². The fourth-order valence-electron chi connectivity index (χ4n) is 3.08. The summed E-state index contributed by atoms with van der Waals surface area (Å²) in [6.45, 7) is 5.52. The summed E-state index contributed by atoms with van der Waals surface area (Å²) < 4.78 is 5.60. The van der Waals surface area contributed by atoms with E-state index in [1.54, 1.807) is 0 Å². The molecule has 1 saturated carbocycles. The highest BCUT2D eigenvalue weighted by molar-refractivity contribution is 6.30. The molecule has 1 aliphatic rings. The highest BCUT2D eigenvalue weighted by Gasteiger charge is 2.26. The summed E-state index contributed by atoms with van der Waals surface area (Å²) in [5.41, 5.74) is 2.48. The average molecular weight is 292 g/mol. The lowest BCUT2D eigenvalue weighted by Gasteiger charge is -2.34. The Morgan fingerprint density at radius 1 is 1.25 bits per heavy atom. The minimum Gasteiger partial charge on any atom is -0.444 e. The SMILES string of the molecule is CC1(C)CCC(NCc2c(Cl)oc3ccccc23)CC1. The van der Waals surface area contributed by atoms with Crippen molar-refractivity contribution >= 4 is 22.6 Å². The van der Waals surface area contributed by atoms with Crippen molar-refractivity contribution in [2.24, 2.45) is 5.41 Å². The van der Waals surface area contributed by atoms with Gasteiger partial charge < -0.3 is 9.73 Å². The number of halogens is 1. The van der Waals surface area contributed by atoms with E-state index in [0.29, 0.717) is 16.7 Å². The molecule has 0 bridgehead atoms. The minimum atomic E-state index is 0.512. The number of rotatable bonds is 3. The van der Waals surface area contributed by atoms with Gasteiger partial charge in [-0.05, 0) is 48.8 Å². The number of nitrogens with one attached hydrogen (secondary N) is 1. The van der Waals surface area contributed by atoms with Gasteiger partial charge >= 0.3 is 0 Å². The van der Waals surface area contributed by atoms with Gasteiger partial charge in [0.05, 0.1) is 0 Å². The Hall–Kier alpha value is -0.990. The second kappa shape index (κ2) is 5.42. The van der Waals surface area contributed by atoms with Crippen molar-refractivity contribution in [2.75, 3.05) is 0 Å². The summed E-state index contributed by atoms with van der Waals surface area (Å²) in [7, 11) is 0. The molecule has 2 aromatic rings. The van der Waals surface area contributed by atoms with E-state index in [4.69, 9.17) is 16.0 Å². The van der Waals surface area contributed by atoms with Crippen molar-refractivity contribution in [3.63, 3.8) is 0 Å². The van der Waals surface area contributed by atoms with Gasteiger partial charge in [-0.2, -0.15) is 0 Å². The number of hydrogen-bond donors (Lipinski definition) is 1. The Morgan fingerprint density at radius 2 is 1.95 bits per heavy atom. The Balaban J connectivity index is 1.67. The number of hydrogen-bond acceptors (Lipinski definition) is 2. The summed E-state index contributed by atoms with van der Waals surface area (Å²) in [6.07, 6.45) is 5.09. The third-order valence-corrected chi connectivity index (χ3v) is 4.86. The predicted molar refractivity (Wildman–Crippen MR) is 84.1 cm³/mol. The van der Waals surface area contributed by atoms with Crippen molar-refractivity contribution < 1.29 is 4.42 Å². The predicted octanol–water partition coefficient (Wildman–Crippen LogP) is 5.14. The van der Waals surface area contributed by atoms with E-state index in [9.17, 15) is 0 Å². The maximum atomic E-state index is 6.22. The molecule has 0 atom stereocenters. The van der Waals surface area contributed by atoms with Crippen LogP contribution in [0.2, 0.25) is 5.22 Å². The first-order valence-electron chi connectivity index (χ1n) is 7.44. The molecular formula is C17H22ClNO. The molecule has 108 valence electrons. The molecule has 1 fully saturated rings. The maximum absolute atomic E-state index is 6.22. The van der Waals surface area contributed by atoms with Gasteiger partial charge in [-0.15, -0.1) is 0 Å². The second-order valence-electron chi connectivity index (χ2n) is 6.67. The number of fused-ring (bicyclic) bond motifs is 1. The topological polar surface area (TPSA) is 25.2 Å². The first kappa shape index (κ1) is 14.0. The number of para-hydroxylation sites is 1. The number of furan rings is 1. The van der Waals surface area contributed by atoms with Gasteiger partial charge in [-0.25, -0.2) is 0 Å². The van der Waals surface area contributed by atoms with E-state index in [-0.39, 0.29) is 0 Å². The van der Waals surface area contributed by atoms with Crippen molar-refractivity contribution in [2.45, 2.75) is 52.1 Å². The van der Waals surface area contributed by atoms with Crippen LogP contribution in [0, 0.1) is 5.41 Å². The molecule has 1 heterocycles. The molecule has 0 radical (unpaired) electrons. The van der Waals surface area contributed by atoms with Crippen molar-refractivity contribution in [3.05, 3.63) is 35.0 Å². The lowest BCUT2D eigenvalue weighted by molar-refractivity contribution is 0.206. The Bertz CT molecular complexity index is 592. The molecular weight excluding hydrogens is 270 g/mol. The molecule has 0 spiro atoms. The fourth-order valence-corrected chi connectivity index (χ4v) is 3.34. The van der Waals surface area contributed by atoms with Gasteiger partial charge in [0.2, 0.25) is 0 Å². The summed E-state index contributed by atoms with van der Waals surface area (Å²) in [4.78, 5) is 0. The van der Waals surface area contributed by atoms with Crippen LogP contribution in [-0.4, -0.2) is 6.04 Å². The molecule has 20 heavy (non-hydrogen) atoms. The largest absolute Gasteiger partial charge is 0.444 e. The molecule has 1 aromatic carbocycles. The second-order valence-corrected chi connectivity index (χ2v) is 7.01. The smallest absolute Gasteiger partial charge is 0.199 e. The minimum absolute atomic E-state index is 0.512. The quantitative estimate of drug-likeness (QED) is 0.846. The van der Waals surface area contributed by atoms with Crippen molar-refractivity contribution in [1.82, 2.24) is 5.32 Å². The Morgan fingerprint density at radius 3 is 2.70 bits per heavy atom. The van der Waals surface area contributed by atoms with Crippen molar-refractivity contribution in [3.8, 4) is 0 Å². The van der Waals surface area contributed by atoms with E-state index in [1.165, 1.54) is 25.7 Å². The third-order valence-electron chi connectivity index (χ3n) is 4.56. The summed E-state index contributed by atoms with van der Waals surface area (Å²) in [6, 6.07) is 8.65. The first-order valence-corrected chi connectivity index (χ1v) is 7.82. The number of benzene rings is 1. The average Bonchev–Trinajstić information content (AvgIpc) is 2.73. The van der Waals surface area contributed by atoms with Crippen LogP contribution in [-0.2, 0) is 6.54 Å². The van der Waals surface area contributed by atoms with E-state index in [1.807, 2.05) is 18.2 Å². The van der Waals surface area contributed by atoms with Gasteiger partial charge in [-0.3, -0.25) is 0 Å². The van der Waals surface area contributed by atoms with E-state index < -0.39 is 0 Å². The molecule has 0 unspecified atom stereocenters. The van der Waals surface area contributed by atoms with E-state index >= 15 is 0 Å². The lowest BCUT2D eigenvalue weighted by Crippen LogP contribution is -2.35. The zero-order valence-corrected chi connectivity index (χ0v) is 13.0. The monoisotopic (exact) mass is 291 g/mol. The summed E-state index contributed by atoms with van der Waals surface area (Å²) in [5, 5.41) is 5.30. The molecule has 1 aromatic heterocycles. The van der Waals surface area contributed by atoms with Crippen LogP contribution in [0.15, 0.2) is 28.7 Å². The molecule has 3 rings (SSSR count). The van der Waals surface area contributed by atoms with E-state index in [2.05, 4.69) is 25.2 Å². The lowest BCUT2D eigenvalue weighted by atomic mass is 9.75. The summed E-state index contributed by atoms with van der Waals surface area (Å²) >= 11 is 6.22. The molecule has 0 aliphatic heterocycles. The normalized spacial score (nSPS) is 19.6. The van der Waals surface area contributed by atoms with Gasteiger partial charge in [0.15, 0.2) is 5.22 Å². The molecule has 0 amide bonds. The third kappa shape index (κ3) is 2.87. The summed E-state index contributed by atoms with van der Waals surface area (Å²) in [5.74, 6) is 0. The van der Waals surface area contributed by atoms with Crippen LogP contribution in [0.1, 0.15) is 45.1 Å². The standard InChI is InChI=1S/C17H22ClNO/c1-17(2)9-7-12(8-10-17)19-11-14-13-5-3-4-6-15(13)20-16(14)18/h3-6,12,19H,7-11H2,1-2H3. The van der Waals surface area contributed by atoms with Crippen LogP contribution in [0.25, 0.3) is 11.0 Å². The maximum Gasteiger partial charge on any atom is 0.199 e. The zero-order chi connectivity index (χ0) is 14.2.